The van der Waals surface area contributed by atoms with Gasteiger partial charge in [0.25, 0.3) is 0 Å². The molecule has 0 radical (unpaired) electrons. The molecule has 120 valence electrons. The van der Waals surface area contributed by atoms with Crippen molar-refractivity contribution >= 4 is 26.0 Å². The third kappa shape index (κ3) is 3.45. The molecule has 1 heterocycles. The molecule has 0 bridgehead atoms. The zero-order chi connectivity index (χ0) is 16.3. The van der Waals surface area contributed by atoms with Crippen LogP contribution in [-0.2, 0) is 10.0 Å². The van der Waals surface area contributed by atoms with Crippen molar-refractivity contribution in [3.63, 3.8) is 0 Å². The predicted octanol–water partition coefficient (Wildman–Crippen LogP) is 3.10. The van der Waals surface area contributed by atoms with Gasteiger partial charge < -0.3 is 13.9 Å². The second-order valence-electron chi connectivity index (χ2n) is 4.50. The van der Waals surface area contributed by atoms with Crippen LogP contribution in [-0.4, -0.2) is 22.6 Å². The fraction of sp³-hybridized carbons (Fsp3) is 0.286. The highest BCUT2D eigenvalue weighted by Crippen LogP contribution is 2.35. The number of nitrogens with one attached hydrogen (secondary N) is 1. The van der Waals surface area contributed by atoms with Crippen molar-refractivity contribution < 1.29 is 22.3 Å². The Morgan fingerprint density at radius 1 is 1.23 bits per heavy atom. The maximum Gasteiger partial charge on any atom is 0.242 e. The molecule has 8 heteroatoms. The van der Waals surface area contributed by atoms with Crippen molar-refractivity contribution in [1.29, 1.82) is 0 Å². The zero-order valence-electron chi connectivity index (χ0n) is 12.3. The number of ether oxygens (including phenoxy) is 2. The summed E-state index contributed by atoms with van der Waals surface area (Å²) in [5.74, 6) is 1.30. The van der Waals surface area contributed by atoms with Gasteiger partial charge in [-0.25, -0.2) is 13.1 Å². The second-order valence-corrected chi connectivity index (χ2v) is 7.03. The third-order valence-electron chi connectivity index (χ3n) is 3.03. The Balaban J connectivity index is 2.37. The monoisotopic (exact) mass is 389 g/mol. The van der Waals surface area contributed by atoms with Crippen LogP contribution in [0.25, 0.3) is 0 Å². The molecule has 0 amide bonds. The van der Waals surface area contributed by atoms with Crippen molar-refractivity contribution in [2.75, 3.05) is 14.2 Å². The molecule has 0 saturated carbocycles. The standard InChI is InChI=1S/C14H16BrNO5S/c1-9(11-5-4-6-21-11)16-22(17,18)14-8-13(20-3)12(19-2)7-10(14)15/h4-9,16H,1-3H3/t9-/m1/s1. The Hall–Kier alpha value is -1.51. The number of rotatable bonds is 6. The Morgan fingerprint density at radius 3 is 2.41 bits per heavy atom. The molecule has 0 fully saturated rings. The molecule has 1 atom stereocenters. The summed E-state index contributed by atoms with van der Waals surface area (Å²) in [6.45, 7) is 1.70. The van der Waals surface area contributed by atoms with E-state index in [4.69, 9.17) is 13.9 Å². The lowest BCUT2D eigenvalue weighted by molar-refractivity contribution is 0.353. The third-order valence-corrected chi connectivity index (χ3v) is 5.53. The van der Waals surface area contributed by atoms with Crippen LogP contribution in [0.4, 0.5) is 0 Å². The van der Waals surface area contributed by atoms with Gasteiger partial charge >= 0.3 is 0 Å². The molecule has 0 spiro atoms. The summed E-state index contributed by atoms with van der Waals surface area (Å²) >= 11 is 3.25. The van der Waals surface area contributed by atoms with Crippen LogP contribution in [0, 0.1) is 0 Å². The maximum absolute atomic E-state index is 12.5. The largest absolute Gasteiger partial charge is 0.493 e. The Kier molecular flexibility index (Phi) is 5.15. The molecule has 2 aromatic rings. The molecule has 0 aliphatic heterocycles. The summed E-state index contributed by atoms with van der Waals surface area (Å²) in [6.07, 6.45) is 1.49. The normalized spacial score (nSPS) is 12.9. The number of furan rings is 1. The summed E-state index contributed by atoms with van der Waals surface area (Å²) < 4.78 is 43.5. The molecule has 0 aliphatic carbocycles. The first kappa shape index (κ1) is 16.9. The van der Waals surface area contributed by atoms with Crippen LogP contribution in [0.5, 0.6) is 11.5 Å². The highest BCUT2D eigenvalue weighted by atomic mass is 79.9. The summed E-state index contributed by atoms with van der Waals surface area (Å²) in [6, 6.07) is 5.86. The molecule has 22 heavy (non-hydrogen) atoms. The number of hydrogen-bond donors (Lipinski definition) is 1. The van der Waals surface area contributed by atoms with Crippen molar-refractivity contribution in [3.8, 4) is 11.5 Å². The smallest absolute Gasteiger partial charge is 0.242 e. The van der Waals surface area contributed by atoms with Crippen LogP contribution in [0.15, 0.2) is 44.3 Å². The van der Waals surface area contributed by atoms with Crippen molar-refractivity contribution in [2.24, 2.45) is 0 Å². The van der Waals surface area contributed by atoms with Crippen LogP contribution in [0.3, 0.4) is 0 Å². The summed E-state index contributed by atoms with van der Waals surface area (Å²) in [5.41, 5.74) is 0. The van der Waals surface area contributed by atoms with Gasteiger partial charge in [0.05, 0.1) is 26.5 Å². The van der Waals surface area contributed by atoms with E-state index in [0.29, 0.717) is 21.7 Å². The fourth-order valence-corrected chi connectivity index (χ4v) is 4.18. The summed E-state index contributed by atoms with van der Waals surface area (Å²) in [4.78, 5) is 0.0588. The van der Waals surface area contributed by atoms with Crippen LogP contribution in [0.2, 0.25) is 0 Å². The van der Waals surface area contributed by atoms with Gasteiger partial charge in [-0.15, -0.1) is 0 Å². The highest BCUT2D eigenvalue weighted by molar-refractivity contribution is 9.10. The minimum absolute atomic E-state index is 0.0588. The minimum atomic E-state index is -3.77. The fourth-order valence-electron chi connectivity index (χ4n) is 1.93. The molecular formula is C14H16BrNO5S. The van der Waals surface area contributed by atoms with Gasteiger partial charge in [-0.1, -0.05) is 0 Å². The molecule has 0 saturated heterocycles. The molecular weight excluding hydrogens is 374 g/mol. The lowest BCUT2D eigenvalue weighted by Crippen LogP contribution is -2.27. The first-order chi connectivity index (χ1) is 10.4. The number of hydrogen-bond acceptors (Lipinski definition) is 5. The molecule has 0 unspecified atom stereocenters. The quantitative estimate of drug-likeness (QED) is 0.820. The zero-order valence-corrected chi connectivity index (χ0v) is 14.7. The average molecular weight is 390 g/mol. The average Bonchev–Trinajstić information content (AvgIpc) is 3.00. The Bertz CT molecular complexity index is 743. The molecule has 1 N–H and O–H groups in total. The Labute approximate surface area is 137 Å². The summed E-state index contributed by atoms with van der Waals surface area (Å²) in [5, 5.41) is 0. The molecule has 6 nitrogen and oxygen atoms in total. The van der Waals surface area contributed by atoms with E-state index < -0.39 is 16.1 Å². The van der Waals surface area contributed by atoms with Gasteiger partial charge in [-0.05, 0) is 41.1 Å². The molecule has 1 aromatic carbocycles. The van der Waals surface area contributed by atoms with E-state index in [0.717, 1.165) is 0 Å². The van der Waals surface area contributed by atoms with E-state index in [-0.39, 0.29) is 4.90 Å². The number of halogens is 1. The van der Waals surface area contributed by atoms with Gasteiger partial charge in [-0.2, -0.15) is 0 Å². The maximum atomic E-state index is 12.5. The molecule has 0 aliphatic rings. The van der Waals surface area contributed by atoms with Gasteiger partial charge in [0, 0.05) is 10.5 Å². The Morgan fingerprint density at radius 2 is 1.86 bits per heavy atom. The van der Waals surface area contributed by atoms with Crippen LogP contribution in [0.1, 0.15) is 18.7 Å². The van der Waals surface area contributed by atoms with Crippen LogP contribution >= 0.6 is 15.9 Å². The second kappa shape index (κ2) is 6.72. The van der Waals surface area contributed by atoms with Gasteiger partial charge in [0.1, 0.15) is 10.7 Å². The van der Waals surface area contributed by atoms with E-state index in [2.05, 4.69) is 20.7 Å². The first-order valence-electron chi connectivity index (χ1n) is 6.36. The lowest BCUT2D eigenvalue weighted by atomic mass is 10.3. The molecule has 1 aromatic heterocycles. The van der Waals surface area contributed by atoms with E-state index in [1.807, 2.05) is 0 Å². The van der Waals surface area contributed by atoms with E-state index in [9.17, 15) is 8.42 Å². The lowest BCUT2D eigenvalue weighted by Gasteiger charge is -2.15. The SMILES string of the molecule is COc1cc(Br)c(S(=O)(=O)N[C@H](C)c2ccco2)cc1OC. The first-order valence-corrected chi connectivity index (χ1v) is 8.64. The minimum Gasteiger partial charge on any atom is -0.493 e. The van der Waals surface area contributed by atoms with E-state index >= 15 is 0 Å². The molecule has 2 rings (SSSR count). The van der Waals surface area contributed by atoms with Gasteiger partial charge in [0.2, 0.25) is 10.0 Å². The predicted molar refractivity (Wildman–Crippen MR) is 84.7 cm³/mol. The van der Waals surface area contributed by atoms with Gasteiger partial charge in [0.15, 0.2) is 11.5 Å². The summed E-state index contributed by atoms with van der Waals surface area (Å²) in [7, 11) is -0.839. The van der Waals surface area contributed by atoms with Crippen LogP contribution < -0.4 is 14.2 Å². The van der Waals surface area contributed by atoms with Crippen molar-refractivity contribution in [3.05, 3.63) is 40.8 Å². The van der Waals surface area contributed by atoms with E-state index in [1.165, 1.54) is 26.5 Å². The van der Waals surface area contributed by atoms with E-state index in [1.54, 1.807) is 25.1 Å². The van der Waals surface area contributed by atoms with Crippen molar-refractivity contribution in [1.82, 2.24) is 4.72 Å². The highest BCUT2D eigenvalue weighted by Gasteiger charge is 2.24. The number of benzene rings is 1. The van der Waals surface area contributed by atoms with Gasteiger partial charge in [-0.3, -0.25) is 0 Å². The number of sulfonamides is 1. The van der Waals surface area contributed by atoms with Crippen molar-refractivity contribution in [2.45, 2.75) is 17.9 Å². The number of methoxy groups -OCH3 is 2. The topological polar surface area (TPSA) is 77.8 Å².